The van der Waals surface area contributed by atoms with Crippen molar-refractivity contribution in [1.82, 2.24) is 10.2 Å². The third kappa shape index (κ3) is 4.17. The molecule has 2 rings (SSSR count). The van der Waals surface area contributed by atoms with Crippen molar-refractivity contribution in [2.75, 3.05) is 26.2 Å². The zero-order valence-electron chi connectivity index (χ0n) is 10.9. The van der Waals surface area contributed by atoms with Crippen molar-refractivity contribution in [1.29, 1.82) is 0 Å². The third-order valence-corrected chi connectivity index (χ3v) is 3.56. The van der Waals surface area contributed by atoms with Gasteiger partial charge in [-0.25, -0.2) is 0 Å². The summed E-state index contributed by atoms with van der Waals surface area (Å²) in [6, 6.07) is 2.05. The van der Waals surface area contributed by atoms with Crippen molar-refractivity contribution >= 4 is 0 Å². The first-order valence-electron chi connectivity index (χ1n) is 6.82. The third-order valence-electron chi connectivity index (χ3n) is 3.56. The number of nitrogens with zero attached hydrogens (tertiary/aromatic N) is 1. The van der Waals surface area contributed by atoms with E-state index in [0.29, 0.717) is 0 Å². The molecule has 1 fully saturated rings. The zero-order valence-corrected chi connectivity index (χ0v) is 10.9. The minimum atomic E-state index is 0.933. The Morgan fingerprint density at radius 1 is 1.29 bits per heavy atom. The molecule has 0 atom stereocenters. The molecule has 1 aliphatic heterocycles. The van der Waals surface area contributed by atoms with Gasteiger partial charge in [-0.05, 0) is 58.4 Å². The first-order valence-corrected chi connectivity index (χ1v) is 6.82. The van der Waals surface area contributed by atoms with Crippen molar-refractivity contribution in [2.24, 2.45) is 0 Å². The molecule has 1 saturated heterocycles. The summed E-state index contributed by atoms with van der Waals surface area (Å²) in [4.78, 5) is 2.59. The Kier molecular flexibility index (Phi) is 5.08. The standard InChI is InChI=1S/C14H24N2O/c1-13-14(6-11-17-13)12-15-7-5-10-16-8-3-2-4-9-16/h6,11,15H,2-5,7-10,12H2,1H3. The van der Waals surface area contributed by atoms with Crippen molar-refractivity contribution in [3.05, 3.63) is 23.7 Å². The summed E-state index contributed by atoms with van der Waals surface area (Å²) < 4.78 is 5.27. The van der Waals surface area contributed by atoms with Gasteiger partial charge in [-0.2, -0.15) is 0 Å². The van der Waals surface area contributed by atoms with Crippen LogP contribution in [0.15, 0.2) is 16.7 Å². The van der Waals surface area contributed by atoms with Crippen LogP contribution in [0.1, 0.15) is 37.0 Å². The molecule has 0 aliphatic carbocycles. The lowest BCUT2D eigenvalue weighted by molar-refractivity contribution is 0.225. The van der Waals surface area contributed by atoms with E-state index in [0.717, 1.165) is 18.8 Å². The predicted molar refractivity (Wildman–Crippen MR) is 70.1 cm³/mol. The maximum absolute atomic E-state index is 5.27. The van der Waals surface area contributed by atoms with Crippen LogP contribution in [0.2, 0.25) is 0 Å². The lowest BCUT2D eigenvalue weighted by atomic mass is 10.1. The van der Waals surface area contributed by atoms with Gasteiger partial charge >= 0.3 is 0 Å². The number of piperidine rings is 1. The molecule has 2 heterocycles. The highest BCUT2D eigenvalue weighted by atomic mass is 16.3. The number of nitrogens with one attached hydrogen (secondary N) is 1. The number of furan rings is 1. The molecule has 0 amide bonds. The quantitative estimate of drug-likeness (QED) is 0.769. The summed E-state index contributed by atoms with van der Waals surface area (Å²) in [5.41, 5.74) is 1.28. The Morgan fingerprint density at radius 3 is 2.82 bits per heavy atom. The molecule has 3 nitrogen and oxygen atoms in total. The van der Waals surface area contributed by atoms with Gasteiger partial charge in [-0.1, -0.05) is 6.42 Å². The predicted octanol–water partition coefficient (Wildman–Crippen LogP) is 2.55. The molecule has 0 saturated carbocycles. The number of likely N-dealkylation sites (tertiary alicyclic amines) is 1. The number of aryl methyl sites for hydroxylation is 1. The summed E-state index contributed by atoms with van der Waals surface area (Å²) in [5.74, 6) is 1.04. The average molecular weight is 236 g/mol. The lowest BCUT2D eigenvalue weighted by Crippen LogP contribution is -2.32. The highest BCUT2D eigenvalue weighted by molar-refractivity contribution is 5.14. The molecular formula is C14H24N2O. The van der Waals surface area contributed by atoms with Gasteiger partial charge < -0.3 is 14.6 Å². The van der Waals surface area contributed by atoms with E-state index < -0.39 is 0 Å². The van der Waals surface area contributed by atoms with Gasteiger partial charge in [0.05, 0.1) is 6.26 Å². The van der Waals surface area contributed by atoms with Crippen LogP contribution >= 0.6 is 0 Å². The second-order valence-corrected chi connectivity index (χ2v) is 4.93. The van der Waals surface area contributed by atoms with Gasteiger partial charge in [0.25, 0.3) is 0 Å². The van der Waals surface area contributed by atoms with Crippen LogP contribution < -0.4 is 5.32 Å². The summed E-state index contributed by atoms with van der Waals surface area (Å²) in [7, 11) is 0. The molecule has 1 N–H and O–H groups in total. The van der Waals surface area contributed by atoms with E-state index in [1.807, 2.05) is 13.0 Å². The second-order valence-electron chi connectivity index (χ2n) is 4.93. The Hall–Kier alpha value is -0.800. The van der Waals surface area contributed by atoms with Gasteiger partial charge in [-0.15, -0.1) is 0 Å². The Labute approximate surface area is 104 Å². The van der Waals surface area contributed by atoms with Crippen molar-refractivity contribution < 1.29 is 4.42 Å². The molecular weight excluding hydrogens is 212 g/mol. The SMILES string of the molecule is Cc1occc1CNCCCN1CCCCC1. The molecule has 1 aromatic heterocycles. The number of hydrogen-bond acceptors (Lipinski definition) is 3. The monoisotopic (exact) mass is 236 g/mol. The van der Waals surface area contributed by atoms with Crippen LogP contribution in [-0.4, -0.2) is 31.1 Å². The molecule has 3 heteroatoms. The van der Waals surface area contributed by atoms with Crippen LogP contribution in [0.5, 0.6) is 0 Å². The minimum absolute atomic E-state index is 0.933. The number of rotatable bonds is 6. The first kappa shape index (κ1) is 12.7. The Morgan fingerprint density at radius 2 is 2.12 bits per heavy atom. The molecule has 0 aromatic carbocycles. The molecule has 0 unspecified atom stereocenters. The largest absolute Gasteiger partial charge is 0.469 e. The van der Waals surface area contributed by atoms with Crippen molar-refractivity contribution in [2.45, 2.75) is 39.2 Å². The van der Waals surface area contributed by atoms with Crippen LogP contribution in [-0.2, 0) is 6.54 Å². The van der Waals surface area contributed by atoms with Gasteiger partial charge in [0.15, 0.2) is 0 Å². The van der Waals surface area contributed by atoms with Crippen LogP contribution in [0, 0.1) is 6.92 Å². The summed E-state index contributed by atoms with van der Waals surface area (Å²) in [6.07, 6.45) is 7.22. The Bertz CT molecular complexity index is 316. The molecule has 1 aromatic rings. The molecule has 96 valence electrons. The molecule has 0 spiro atoms. The van der Waals surface area contributed by atoms with Crippen LogP contribution in [0.4, 0.5) is 0 Å². The normalized spacial score (nSPS) is 17.5. The average Bonchev–Trinajstić information content (AvgIpc) is 2.76. The van der Waals surface area contributed by atoms with E-state index in [9.17, 15) is 0 Å². The Balaban J connectivity index is 1.53. The zero-order chi connectivity index (χ0) is 11.9. The van der Waals surface area contributed by atoms with Crippen molar-refractivity contribution in [3.8, 4) is 0 Å². The fraction of sp³-hybridized carbons (Fsp3) is 0.714. The second kappa shape index (κ2) is 6.82. The van der Waals surface area contributed by atoms with Gasteiger partial charge in [0.1, 0.15) is 5.76 Å². The van der Waals surface area contributed by atoms with E-state index in [-0.39, 0.29) is 0 Å². The smallest absolute Gasteiger partial charge is 0.105 e. The maximum Gasteiger partial charge on any atom is 0.105 e. The maximum atomic E-state index is 5.27. The van der Waals surface area contributed by atoms with Crippen LogP contribution in [0.25, 0.3) is 0 Å². The lowest BCUT2D eigenvalue weighted by Gasteiger charge is -2.26. The van der Waals surface area contributed by atoms with E-state index in [1.54, 1.807) is 6.26 Å². The van der Waals surface area contributed by atoms with E-state index in [1.165, 1.54) is 50.9 Å². The fourth-order valence-electron chi connectivity index (χ4n) is 2.43. The van der Waals surface area contributed by atoms with Gasteiger partial charge in [-0.3, -0.25) is 0 Å². The summed E-state index contributed by atoms with van der Waals surface area (Å²) in [6.45, 7) is 7.91. The fourth-order valence-corrected chi connectivity index (χ4v) is 2.43. The van der Waals surface area contributed by atoms with E-state index in [2.05, 4.69) is 10.2 Å². The van der Waals surface area contributed by atoms with E-state index in [4.69, 9.17) is 4.42 Å². The van der Waals surface area contributed by atoms with Gasteiger partial charge in [0.2, 0.25) is 0 Å². The minimum Gasteiger partial charge on any atom is -0.469 e. The topological polar surface area (TPSA) is 28.4 Å². The summed E-state index contributed by atoms with van der Waals surface area (Å²) in [5, 5.41) is 3.48. The highest BCUT2D eigenvalue weighted by Gasteiger charge is 2.08. The van der Waals surface area contributed by atoms with Crippen molar-refractivity contribution in [3.63, 3.8) is 0 Å². The van der Waals surface area contributed by atoms with Gasteiger partial charge in [0, 0.05) is 12.1 Å². The molecule has 0 bridgehead atoms. The highest BCUT2D eigenvalue weighted by Crippen LogP contribution is 2.09. The molecule has 0 radical (unpaired) electrons. The number of hydrogen-bond donors (Lipinski definition) is 1. The molecule has 17 heavy (non-hydrogen) atoms. The first-order chi connectivity index (χ1) is 8.36. The molecule has 1 aliphatic rings. The van der Waals surface area contributed by atoms with Crippen LogP contribution in [0.3, 0.4) is 0 Å². The van der Waals surface area contributed by atoms with E-state index >= 15 is 0 Å². The summed E-state index contributed by atoms with van der Waals surface area (Å²) >= 11 is 0.